The van der Waals surface area contributed by atoms with Crippen LogP contribution in [0.4, 0.5) is 5.69 Å². The lowest BCUT2D eigenvalue weighted by atomic mass is 10.1. The molecule has 1 aromatic rings. The first-order valence-electron chi connectivity index (χ1n) is 5.66. The summed E-state index contributed by atoms with van der Waals surface area (Å²) >= 11 is 0. The van der Waals surface area contributed by atoms with Crippen LogP contribution in [-0.4, -0.2) is 36.4 Å². The number of carbonyl (C=O) groups is 3. The average molecular weight is 263 g/mol. The maximum Gasteiger partial charge on any atom is 0.339 e. The minimum Gasteiger partial charge on any atom is -0.465 e. The lowest BCUT2D eigenvalue weighted by molar-refractivity contribution is -0.123. The molecule has 1 aromatic heterocycles. The summed E-state index contributed by atoms with van der Waals surface area (Å²) in [6, 6.07) is 1.50. The largest absolute Gasteiger partial charge is 0.465 e. The minimum absolute atomic E-state index is 0.0811. The summed E-state index contributed by atoms with van der Waals surface area (Å²) < 4.78 is 4.58. The summed E-state index contributed by atoms with van der Waals surface area (Å²) in [5.74, 6) is -1.76. The highest BCUT2D eigenvalue weighted by molar-refractivity contribution is 6.00. The van der Waals surface area contributed by atoms with E-state index in [0.717, 1.165) is 0 Å². The number of esters is 1. The fraction of sp³-hybridized carbons (Fsp3) is 0.333. The highest BCUT2D eigenvalue weighted by Gasteiger charge is 2.34. The number of nitrogens with zero attached hydrogens (tertiary/aromatic N) is 2. The molecule has 1 unspecified atom stereocenters. The molecule has 7 nitrogen and oxygen atoms in total. The van der Waals surface area contributed by atoms with E-state index in [4.69, 9.17) is 5.73 Å². The van der Waals surface area contributed by atoms with Crippen LogP contribution in [0.5, 0.6) is 0 Å². The maximum absolute atomic E-state index is 11.8. The zero-order chi connectivity index (χ0) is 14.0. The molecule has 2 amide bonds. The molecule has 0 aliphatic carbocycles. The van der Waals surface area contributed by atoms with Crippen LogP contribution < -0.4 is 10.6 Å². The summed E-state index contributed by atoms with van der Waals surface area (Å²) in [4.78, 5) is 39.6. The molecule has 1 fully saturated rings. The lowest BCUT2D eigenvalue weighted by Crippen LogP contribution is -2.28. The normalized spacial score (nSPS) is 18.5. The SMILES string of the molecule is COC(=O)c1cncc(N2CC(C(N)=O)CC2=O)c1. The Hall–Kier alpha value is -2.44. The Labute approximate surface area is 109 Å². The van der Waals surface area contributed by atoms with Gasteiger partial charge < -0.3 is 15.4 Å². The van der Waals surface area contributed by atoms with Gasteiger partial charge in [0, 0.05) is 19.2 Å². The van der Waals surface area contributed by atoms with Crippen molar-refractivity contribution in [1.29, 1.82) is 0 Å². The van der Waals surface area contributed by atoms with Crippen LogP contribution in [0, 0.1) is 5.92 Å². The zero-order valence-electron chi connectivity index (χ0n) is 10.3. The summed E-state index contributed by atoms with van der Waals surface area (Å²) in [6.45, 7) is 0.209. The van der Waals surface area contributed by atoms with Crippen LogP contribution in [0.1, 0.15) is 16.8 Å². The van der Waals surface area contributed by atoms with Gasteiger partial charge in [-0.1, -0.05) is 0 Å². The van der Waals surface area contributed by atoms with E-state index < -0.39 is 17.8 Å². The number of amides is 2. The molecular formula is C12H13N3O4. The molecule has 7 heteroatoms. The second-order valence-corrected chi connectivity index (χ2v) is 4.23. The Morgan fingerprint density at radius 1 is 1.47 bits per heavy atom. The van der Waals surface area contributed by atoms with Gasteiger partial charge in [-0.2, -0.15) is 0 Å². The van der Waals surface area contributed by atoms with Crippen LogP contribution in [0.2, 0.25) is 0 Å². The number of hydrogen-bond acceptors (Lipinski definition) is 5. The van der Waals surface area contributed by atoms with Gasteiger partial charge in [0.05, 0.1) is 30.5 Å². The number of primary amides is 1. The highest BCUT2D eigenvalue weighted by Crippen LogP contribution is 2.25. The number of rotatable bonds is 3. The average Bonchev–Trinajstić information content (AvgIpc) is 2.80. The third-order valence-electron chi connectivity index (χ3n) is 2.98. The fourth-order valence-corrected chi connectivity index (χ4v) is 1.95. The number of pyridine rings is 1. The Kier molecular flexibility index (Phi) is 3.46. The monoisotopic (exact) mass is 263 g/mol. The number of aromatic nitrogens is 1. The Morgan fingerprint density at radius 2 is 2.21 bits per heavy atom. The smallest absolute Gasteiger partial charge is 0.339 e. The molecule has 0 spiro atoms. The van der Waals surface area contributed by atoms with Gasteiger partial charge in [-0.3, -0.25) is 14.6 Å². The van der Waals surface area contributed by atoms with Crippen LogP contribution in [-0.2, 0) is 14.3 Å². The van der Waals surface area contributed by atoms with E-state index >= 15 is 0 Å². The van der Waals surface area contributed by atoms with Crippen molar-refractivity contribution in [3.63, 3.8) is 0 Å². The molecule has 0 radical (unpaired) electrons. The second kappa shape index (κ2) is 5.05. The van der Waals surface area contributed by atoms with Gasteiger partial charge in [0.1, 0.15) is 0 Å². The number of nitrogens with two attached hydrogens (primary N) is 1. The zero-order valence-corrected chi connectivity index (χ0v) is 10.3. The number of hydrogen-bond donors (Lipinski definition) is 1. The molecule has 2 heterocycles. The summed E-state index contributed by atoms with van der Waals surface area (Å²) in [7, 11) is 1.26. The Balaban J connectivity index is 2.25. The van der Waals surface area contributed by atoms with Crippen molar-refractivity contribution in [2.45, 2.75) is 6.42 Å². The number of ether oxygens (including phenoxy) is 1. The van der Waals surface area contributed by atoms with Gasteiger partial charge >= 0.3 is 5.97 Å². The molecule has 100 valence electrons. The first-order chi connectivity index (χ1) is 9.02. The van der Waals surface area contributed by atoms with Gasteiger partial charge in [0.2, 0.25) is 11.8 Å². The van der Waals surface area contributed by atoms with Crippen molar-refractivity contribution in [3.05, 3.63) is 24.0 Å². The Bertz CT molecular complexity index is 544. The van der Waals surface area contributed by atoms with E-state index in [1.165, 1.54) is 30.5 Å². The Morgan fingerprint density at radius 3 is 2.79 bits per heavy atom. The van der Waals surface area contributed by atoms with Gasteiger partial charge in [0.15, 0.2) is 0 Å². The van der Waals surface area contributed by atoms with Gasteiger partial charge in [-0.25, -0.2) is 4.79 Å². The van der Waals surface area contributed by atoms with Crippen LogP contribution in [0.3, 0.4) is 0 Å². The second-order valence-electron chi connectivity index (χ2n) is 4.23. The predicted molar refractivity (Wildman–Crippen MR) is 65.2 cm³/mol. The molecule has 0 aromatic carbocycles. The third kappa shape index (κ3) is 2.54. The van der Waals surface area contributed by atoms with E-state index in [2.05, 4.69) is 9.72 Å². The van der Waals surface area contributed by atoms with E-state index in [0.29, 0.717) is 5.69 Å². The van der Waals surface area contributed by atoms with Crippen molar-refractivity contribution in [2.75, 3.05) is 18.6 Å². The molecular weight excluding hydrogens is 250 g/mol. The van der Waals surface area contributed by atoms with E-state index in [1.807, 2.05) is 0 Å². The van der Waals surface area contributed by atoms with Crippen molar-refractivity contribution in [3.8, 4) is 0 Å². The molecule has 0 bridgehead atoms. The highest BCUT2D eigenvalue weighted by atomic mass is 16.5. The topological polar surface area (TPSA) is 103 Å². The molecule has 2 rings (SSSR count). The van der Waals surface area contributed by atoms with Crippen molar-refractivity contribution >= 4 is 23.5 Å². The van der Waals surface area contributed by atoms with Gasteiger partial charge in [-0.05, 0) is 6.07 Å². The first-order valence-corrected chi connectivity index (χ1v) is 5.66. The molecule has 19 heavy (non-hydrogen) atoms. The van der Waals surface area contributed by atoms with Gasteiger partial charge in [-0.15, -0.1) is 0 Å². The fourth-order valence-electron chi connectivity index (χ4n) is 1.95. The predicted octanol–water partition coefficient (Wildman–Crippen LogP) is -0.294. The van der Waals surface area contributed by atoms with Crippen LogP contribution in [0.15, 0.2) is 18.5 Å². The minimum atomic E-state index is -0.535. The van der Waals surface area contributed by atoms with Crippen molar-refractivity contribution < 1.29 is 19.1 Å². The summed E-state index contributed by atoms with van der Waals surface area (Å²) in [5, 5.41) is 0. The number of anilines is 1. The first kappa shape index (κ1) is 13.0. The number of methoxy groups -OCH3 is 1. The maximum atomic E-state index is 11.8. The standard InChI is InChI=1S/C12H13N3O4/c1-19-12(18)7-2-9(5-14-4-7)15-6-8(11(13)17)3-10(15)16/h2,4-5,8H,3,6H2,1H3,(H2,13,17). The molecule has 1 atom stereocenters. The molecule has 0 saturated carbocycles. The molecule has 1 aliphatic rings. The van der Waals surface area contributed by atoms with E-state index in [-0.39, 0.29) is 24.4 Å². The molecule has 1 saturated heterocycles. The van der Waals surface area contributed by atoms with E-state index in [9.17, 15) is 14.4 Å². The van der Waals surface area contributed by atoms with Crippen LogP contribution >= 0.6 is 0 Å². The van der Waals surface area contributed by atoms with Crippen molar-refractivity contribution in [1.82, 2.24) is 4.98 Å². The van der Waals surface area contributed by atoms with Crippen LogP contribution in [0.25, 0.3) is 0 Å². The lowest BCUT2D eigenvalue weighted by Gasteiger charge is -2.16. The van der Waals surface area contributed by atoms with E-state index in [1.54, 1.807) is 0 Å². The number of carbonyl (C=O) groups excluding carboxylic acids is 3. The van der Waals surface area contributed by atoms with Gasteiger partial charge in [0.25, 0.3) is 0 Å². The molecule has 2 N–H and O–H groups in total. The summed E-state index contributed by atoms with van der Waals surface area (Å²) in [6.07, 6.45) is 2.88. The van der Waals surface area contributed by atoms with Crippen molar-refractivity contribution in [2.24, 2.45) is 11.7 Å². The quantitative estimate of drug-likeness (QED) is 0.754. The summed E-state index contributed by atoms with van der Waals surface area (Å²) in [5.41, 5.74) is 5.89. The molecule has 1 aliphatic heterocycles. The third-order valence-corrected chi connectivity index (χ3v) is 2.98.